The maximum absolute atomic E-state index is 12.0. The number of pyridine rings is 1. The molecule has 1 saturated heterocycles. The third-order valence-electron chi connectivity index (χ3n) is 4.24. The molecule has 0 aromatic carbocycles. The van der Waals surface area contributed by atoms with Crippen LogP contribution in [0, 0.1) is 5.92 Å². The van der Waals surface area contributed by atoms with E-state index in [1.807, 2.05) is 6.07 Å². The van der Waals surface area contributed by atoms with Gasteiger partial charge in [0.2, 0.25) is 5.91 Å². The number of carbonyl (C=O) groups is 3. The molecule has 0 unspecified atom stereocenters. The van der Waals surface area contributed by atoms with E-state index in [2.05, 4.69) is 31.1 Å². The van der Waals surface area contributed by atoms with Crippen LogP contribution in [0.2, 0.25) is 0 Å². The van der Waals surface area contributed by atoms with Crippen LogP contribution in [0.3, 0.4) is 0 Å². The molecule has 136 valence electrons. The van der Waals surface area contributed by atoms with E-state index in [0.717, 1.165) is 12.1 Å². The summed E-state index contributed by atoms with van der Waals surface area (Å²) in [6.07, 6.45) is 3.61. The first kappa shape index (κ1) is 19.1. The number of Topliss-reactive ketones (excluding diaryl/α,β-unsaturated/α-hetero) is 1. The number of ketones is 1. The average Bonchev–Trinajstić information content (AvgIpc) is 2.58. The number of nitrogens with zero attached hydrogens (tertiary/aromatic N) is 1. The van der Waals surface area contributed by atoms with Crippen molar-refractivity contribution in [2.75, 3.05) is 13.2 Å². The largest absolute Gasteiger partial charge is 0.462 e. The smallest absolute Gasteiger partial charge is 0.339 e. The second-order valence-corrected chi connectivity index (χ2v) is 7.37. The minimum absolute atomic E-state index is 0.0752. The summed E-state index contributed by atoms with van der Waals surface area (Å²) >= 11 is 0. The van der Waals surface area contributed by atoms with Gasteiger partial charge in [0, 0.05) is 30.3 Å². The molecule has 1 aromatic heterocycles. The molecule has 0 saturated carbocycles. The molecule has 6 heteroatoms. The fourth-order valence-electron chi connectivity index (χ4n) is 2.71. The number of hydrogen-bond acceptors (Lipinski definition) is 5. The van der Waals surface area contributed by atoms with Crippen LogP contribution in [0.25, 0.3) is 0 Å². The standard InChI is InChI=1S/C19H26N2O4/c1-19(2,3)16-9-8-13(12-21-16)18(24)25-11-5-7-15(22)14-6-4-10-20-17(14)23/h8-9,12,14H,4-7,10-11H2,1-3H3,(H,20,23)/t14-/m0/s1. The maximum Gasteiger partial charge on any atom is 0.339 e. The number of esters is 1. The Morgan fingerprint density at radius 2 is 2.08 bits per heavy atom. The molecular weight excluding hydrogens is 320 g/mol. The fraction of sp³-hybridized carbons (Fsp3) is 0.579. The van der Waals surface area contributed by atoms with E-state index in [9.17, 15) is 14.4 Å². The van der Waals surface area contributed by atoms with Crippen LogP contribution in [0.5, 0.6) is 0 Å². The zero-order valence-electron chi connectivity index (χ0n) is 15.1. The van der Waals surface area contributed by atoms with E-state index in [0.29, 0.717) is 24.9 Å². The van der Waals surface area contributed by atoms with E-state index >= 15 is 0 Å². The van der Waals surface area contributed by atoms with Gasteiger partial charge >= 0.3 is 5.97 Å². The minimum atomic E-state index is -0.543. The third kappa shape index (κ3) is 5.37. The summed E-state index contributed by atoms with van der Waals surface area (Å²) in [5, 5.41) is 2.71. The summed E-state index contributed by atoms with van der Waals surface area (Å²) in [4.78, 5) is 40.0. The lowest BCUT2D eigenvalue weighted by molar-refractivity contribution is -0.135. The first-order chi connectivity index (χ1) is 11.8. The highest BCUT2D eigenvalue weighted by Crippen LogP contribution is 2.20. The van der Waals surface area contributed by atoms with Gasteiger partial charge < -0.3 is 10.1 Å². The van der Waals surface area contributed by atoms with E-state index in [1.165, 1.54) is 6.20 Å². The topological polar surface area (TPSA) is 85.4 Å². The van der Waals surface area contributed by atoms with Crippen molar-refractivity contribution in [2.24, 2.45) is 5.92 Å². The van der Waals surface area contributed by atoms with Crippen molar-refractivity contribution < 1.29 is 19.1 Å². The second-order valence-electron chi connectivity index (χ2n) is 7.37. The number of amides is 1. The molecule has 0 aliphatic carbocycles. The van der Waals surface area contributed by atoms with Crippen LogP contribution in [0.15, 0.2) is 18.3 Å². The lowest BCUT2D eigenvalue weighted by atomic mass is 9.91. The van der Waals surface area contributed by atoms with Crippen molar-refractivity contribution in [1.82, 2.24) is 10.3 Å². The Balaban J connectivity index is 1.75. The molecule has 1 aromatic rings. The zero-order chi connectivity index (χ0) is 18.4. The summed E-state index contributed by atoms with van der Waals surface area (Å²) in [6.45, 7) is 6.95. The Labute approximate surface area is 148 Å². The molecule has 0 radical (unpaired) electrons. The number of rotatable bonds is 6. The monoisotopic (exact) mass is 346 g/mol. The van der Waals surface area contributed by atoms with Crippen LogP contribution >= 0.6 is 0 Å². The fourth-order valence-corrected chi connectivity index (χ4v) is 2.71. The van der Waals surface area contributed by atoms with Gasteiger partial charge in [0.25, 0.3) is 0 Å². The van der Waals surface area contributed by atoms with Crippen molar-refractivity contribution in [1.29, 1.82) is 0 Å². The minimum Gasteiger partial charge on any atom is -0.462 e. The lowest BCUT2D eigenvalue weighted by Gasteiger charge is -2.20. The van der Waals surface area contributed by atoms with Gasteiger partial charge in [-0.05, 0) is 31.4 Å². The van der Waals surface area contributed by atoms with Crippen molar-refractivity contribution in [2.45, 2.75) is 51.9 Å². The van der Waals surface area contributed by atoms with Crippen molar-refractivity contribution in [3.05, 3.63) is 29.6 Å². The molecule has 1 fully saturated rings. The molecule has 1 aliphatic heterocycles. The zero-order valence-corrected chi connectivity index (χ0v) is 15.1. The molecular formula is C19H26N2O4. The summed E-state index contributed by atoms with van der Waals surface area (Å²) in [5.74, 6) is -1.25. The number of aromatic nitrogens is 1. The van der Waals surface area contributed by atoms with Crippen LogP contribution < -0.4 is 5.32 Å². The molecule has 25 heavy (non-hydrogen) atoms. The summed E-state index contributed by atoms with van der Waals surface area (Å²) in [7, 11) is 0. The highest BCUT2D eigenvalue weighted by atomic mass is 16.5. The Kier molecular flexibility index (Phi) is 6.28. The van der Waals surface area contributed by atoms with Gasteiger partial charge in [0.1, 0.15) is 5.78 Å². The number of ether oxygens (including phenoxy) is 1. The number of carbonyl (C=O) groups excluding carboxylic acids is 3. The maximum atomic E-state index is 12.0. The molecule has 1 atom stereocenters. The van der Waals surface area contributed by atoms with E-state index in [4.69, 9.17) is 4.74 Å². The molecule has 0 spiro atoms. The van der Waals surface area contributed by atoms with Gasteiger partial charge in [0.05, 0.1) is 18.1 Å². The Bertz CT molecular complexity index is 632. The molecule has 0 bridgehead atoms. The number of nitrogens with one attached hydrogen (secondary N) is 1. The molecule has 2 rings (SSSR count). The van der Waals surface area contributed by atoms with Gasteiger partial charge in [-0.15, -0.1) is 0 Å². The predicted octanol–water partition coefficient (Wildman–Crippen LogP) is 2.41. The highest BCUT2D eigenvalue weighted by molar-refractivity contribution is 6.01. The van der Waals surface area contributed by atoms with Crippen molar-refractivity contribution in [3.8, 4) is 0 Å². The first-order valence-electron chi connectivity index (χ1n) is 8.73. The third-order valence-corrected chi connectivity index (χ3v) is 4.24. The Hall–Kier alpha value is -2.24. The molecule has 2 heterocycles. The van der Waals surface area contributed by atoms with Gasteiger partial charge in [0.15, 0.2) is 0 Å². The quantitative estimate of drug-likeness (QED) is 0.486. The van der Waals surface area contributed by atoms with Crippen LogP contribution in [-0.4, -0.2) is 35.8 Å². The van der Waals surface area contributed by atoms with Crippen LogP contribution in [0.1, 0.15) is 62.5 Å². The summed E-state index contributed by atoms with van der Waals surface area (Å²) < 4.78 is 5.19. The Morgan fingerprint density at radius 3 is 2.68 bits per heavy atom. The van der Waals surface area contributed by atoms with E-state index < -0.39 is 11.9 Å². The Morgan fingerprint density at radius 1 is 1.32 bits per heavy atom. The normalized spacial score (nSPS) is 17.7. The molecule has 1 aliphatic rings. The second kappa shape index (κ2) is 8.23. The molecule has 1 N–H and O–H groups in total. The lowest BCUT2D eigenvalue weighted by Crippen LogP contribution is -2.40. The van der Waals surface area contributed by atoms with E-state index in [-0.39, 0.29) is 30.1 Å². The van der Waals surface area contributed by atoms with Gasteiger partial charge in [-0.2, -0.15) is 0 Å². The van der Waals surface area contributed by atoms with Gasteiger partial charge in [-0.1, -0.05) is 20.8 Å². The number of piperidine rings is 1. The first-order valence-corrected chi connectivity index (χ1v) is 8.73. The summed E-state index contributed by atoms with van der Waals surface area (Å²) in [6, 6.07) is 3.52. The predicted molar refractivity (Wildman–Crippen MR) is 93.2 cm³/mol. The van der Waals surface area contributed by atoms with Crippen molar-refractivity contribution in [3.63, 3.8) is 0 Å². The molecule has 1 amide bonds. The van der Waals surface area contributed by atoms with Crippen LogP contribution in [0.4, 0.5) is 0 Å². The van der Waals surface area contributed by atoms with Crippen LogP contribution in [-0.2, 0) is 19.7 Å². The van der Waals surface area contributed by atoms with E-state index in [1.54, 1.807) is 6.07 Å². The highest BCUT2D eigenvalue weighted by Gasteiger charge is 2.28. The van der Waals surface area contributed by atoms with Gasteiger partial charge in [-0.3, -0.25) is 14.6 Å². The van der Waals surface area contributed by atoms with Crippen molar-refractivity contribution >= 4 is 17.7 Å². The molecule has 6 nitrogen and oxygen atoms in total. The summed E-state index contributed by atoms with van der Waals surface area (Å²) in [5.41, 5.74) is 1.22. The van der Waals surface area contributed by atoms with Gasteiger partial charge in [-0.25, -0.2) is 4.79 Å². The number of hydrogen-bond donors (Lipinski definition) is 1. The average molecular weight is 346 g/mol. The SMILES string of the molecule is CC(C)(C)c1ccc(C(=O)OCCCC(=O)[C@@H]2CCCNC2=O)cn1.